The van der Waals surface area contributed by atoms with Crippen molar-refractivity contribution in [2.24, 2.45) is 0 Å². The van der Waals surface area contributed by atoms with Crippen molar-refractivity contribution in [2.45, 2.75) is 39.5 Å². The molecule has 0 aliphatic heterocycles. The van der Waals surface area contributed by atoms with Gasteiger partial charge >= 0.3 is 0 Å². The zero-order valence-electron chi connectivity index (χ0n) is 11.0. The zero-order chi connectivity index (χ0) is 13.1. The summed E-state index contributed by atoms with van der Waals surface area (Å²) in [7, 11) is 0. The number of thiol groups is 1. The number of aryl methyl sites for hydroxylation is 1. The number of carbonyl (C=O) groups excluding carboxylic acids is 1. The van der Waals surface area contributed by atoms with Crippen molar-refractivity contribution in [1.29, 1.82) is 0 Å². The van der Waals surface area contributed by atoms with E-state index in [0.717, 1.165) is 11.3 Å². The van der Waals surface area contributed by atoms with Crippen molar-refractivity contribution >= 4 is 24.2 Å². The highest BCUT2D eigenvalue weighted by Gasteiger charge is 2.14. The molecule has 0 aliphatic rings. The van der Waals surface area contributed by atoms with E-state index in [0.29, 0.717) is 12.2 Å². The fourth-order valence-electron chi connectivity index (χ4n) is 1.58. The standard InChI is InChI=1S/C14H21NOS/c1-10-9-11(14(2,3)4)5-6-12(10)15-13(16)7-8-17/h5-6,9,17H,7-8H2,1-4H3,(H,15,16). The second kappa shape index (κ2) is 5.58. The smallest absolute Gasteiger partial charge is 0.225 e. The molecule has 3 heteroatoms. The Morgan fingerprint density at radius 3 is 2.47 bits per heavy atom. The summed E-state index contributed by atoms with van der Waals surface area (Å²) in [6.45, 7) is 8.56. The summed E-state index contributed by atoms with van der Waals surface area (Å²) in [5, 5.41) is 2.90. The molecule has 0 spiro atoms. The summed E-state index contributed by atoms with van der Waals surface area (Å²) >= 11 is 4.05. The minimum atomic E-state index is 0.0200. The lowest BCUT2D eigenvalue weighted by Crippen LogP contribution is -2.14. The molecule has 0 unspecified atom stereocenters. The van der Waals surface area contributed by atoms with Gasteiger partial charge in [-0.1, -0.05) is 32.9 Å². The topological polar surface area (TPSA) is 29.1 Å². The molecule has 17 heavy (non-hydrogen) atoms. The van der Waals surface area contributed by atoms with Crippen LogP contribution in [0.4, 0.5) is 5.69 Å². The van der Waals surface area contributed by atoms with E-state index < -0.39 is 0 Å². The van der Waals surface area contributed by atoms with Gasteiger partial charge in [-0.3, -0.25) is 4.79 Å². The molecule has 1 rings (SSSR count). The van der Waals surface area contributed by atoms with Gasteiger partial charge in [0.2, 0.25) is 5.91 Å². The Kier molecular flexibility index (Phi) is 4.63. The number of hydrogen-bond acceptors (Lipinski definition) is 2. The van der Waals surface area contributed by atoms with Crippen LogP contribution in [0.5, 0.6) is 0 Å². The van der Waals surface area contributed by atoms with Crippen molar-refractivity contribution in [3.63, 3.8) is 0 Å². The monoisotopic (exact) mass is 251 g/mol. The van der Waals surface area contributed by atoms with E-state index in [9.17, 15) is 4.79 Å². The van der Waals surface area contributed by atoms with Crippen LogP contribution >= 0.6 is 12.6 Å². The van der Waals surface area contributed by atoms with Crippen LogP contribution in [0.2, 0.25) is 0 Å². The summed E-state index contributed by atoms with van der Waals surface area (Å²) in [5.41, 5.74) is 3.41. The number of nitrogens with one attached hydrogen (secondary N) is 1. The van der Waals surface area contributed by atoms with Crippen molar-refractivity contribution in [3.8, 4) is 0 Å². The summed E-state index contributed by atoms with van der Waals surface area (Å²) in [5.74, 6) is 0.594. The first kappa shape index (κ1) is 14.1. The Bertz CT molecular complexity index is 407. The van der Waals surface area contributed by atoms with Gasteiger partial charge in [-0.05, 0) is 35.3 Å². The van der Waals surface area contributed by atoms with Crippen LogP contribution in [-0.4, -0.2) is 11.7 Å². The number of amides is 1. The largest absolute Gasteiger partial charge is 0.326 e. The molecule has 0 saturated carbocycles. The Morgan fingerprint density at radius 2 is 2.00 bits per heavy atom. The van der Waals surface area contributed by atoms with E-state index in [2.05, 4.69) is 50.8 Å². The maximum Gasteiger partial charge on any atom is 0.225 e. The van der Waals surface area contributed by atoms with Crippen LogP contribution in [0, 0.1) is 6.92 Å². The lowest BCUT2D eigenvalue weighted by atomic mass is 9.86. The van der Waals surface area contributed by atoms with E-state index in [4.69, 9.17) is 0 Å². The minimum absolute atomic E-state index is 0.0200. The Balaban J connectivity index is 2.87. The second-order valence-corrected chi connectivity index (χ2v) is 5.75. The van der Waals surface area contributed by atoms with Crippen molar-refractivity contribution in [3.05, 3.63) is 29.3 Å². The number of benzene rings is 1. The third kappa shape index (κ3) is 4.08. The molecule has 0 aromatic heterocycles. The maximum absolute atomic E-state index is 11.5. The lowest BCUT2D eigenvalue weighted by Gasteiger charge is -2.20. The summed E-state index contributed by atoms with van der Waals surface area (Å²) in [4.78, 5) is 11.5. The van der Waals surface area contributed by atoms with Gasteiger partial charge in [0.05, 0.1) is 0 Å². The van der Waals surface area contributed by atoms with Crippen LogP contribution in [-0.2, 0) is 10.2 Å². The third-order valence-electron chi connectivity index (χ3n) is 2.71. The lowest BCUT2D eigenvalue weighted by molar-refractivity contribution is -0.115. The van der Waals surface area contributed by atoms with Gasteiger partial charge in [0.15, 0.2) is 0 Å². The predicted molar refractivity (Wildman–Crippen MR) is 77.0 cm³/mol. The minimum Gasteiger partial charge on any atom is -0.326 e. The second-order valence-electron chi connectivity index (χ2n) is 5.30. The molecule has 0 heterocycles. The van der Waals surface area contributed by atoms with E-state index in [1.54, 1.807) is 0 Å². The van der Waals surface area contributed by atoms with Crippen LogP contribution in [0.15, 0.2) is 18.2 Å². The first-order valence-electron chi connectivity index (χ1n) is 5.86. The number of hydrogen-bond donors (Lipinski definition) is 2. The molecule has 0 aliphatic carbocycles. The molecule has 0 bridgehead atoms. The molecule has 0 radical (unpaired) electrons. The molecule has 0 atom stereocenters. The maximum atomic E-state index is 11.5. The van der Waals surface area contributed by atoms with Gasteiger partial charge in [0, 0.05) is 12.1 Å². The Morgan fingerprint density at radius 1 is 1.35 bits per heavy atom. The average molecular weight is 251 g/mol. The molecule has 1 amide bonds. The van der Waals surface area contributed by atoms with Crippen LogP contribution in [0.25, 0.3) is 0 Å². The SMILES string of the molecule is Cc1cc(C(C)(C)C)ccc1NC(=O)CCS. The summed E-state index contributed by atoms with van der Waals surface area (Å²) in [6.07, 6.45) is 0.448. The molecular formula is C14H21NOS. The average Bonchev–Trinajstić information content (AvgIpc) is 2.20. The van der Waals surface area contributed by atoms with Crippen molar-refractivity contribution in [2.75, 3.05) is 11.1 Å². The molecule has 1 aromatic carbocycles. The van der Waals surface area contributed by atoms with E-state index >= 15 is 0 Å². The fourth-order valence-corrected chi connectivity index (χ4v) is 1.79. The zero-order valence-corrected chi connectivity index (χ0v) is 11.9. The first-order chi connectivity index (χ1) is 7.84. The highest BCUT2D eigenvalue weighted by molar-refractivity contribution is 7.80. The van der Waals surface area contributed by atoms with E-state index in [1.807, 2.05) is 13.0 Å². The molecule has 0 saturated heterocycles. The van der Waals surface area contributed by atoms with Gasteiger partial charge in [-0.15, -0.1) is 0 Å². The normalized spacial score (nSPS) is 11.4. The van der Waals surface area contributed by atoms with E-state index in [1.165, 1.54) is 5.56 Å². The van der Waals surface area contributed by atoms with E-state index in [-0.39, 0.29) is 11.3 Å². The third-order valence-corrected chi connectivity index (χ3v) is 2.93. The highest BCUT2D eigenvalue weighted by atomic mass is 32.1. The van der Waals surface area contributed by atoms with Gasteiger partial charge < -0.3 is 5.32 Å². The van der Waals surface area contributed by atoms with Crippen LogP contribution in [0.1, 0.15) is 38.3 Å². The van der Waals surface area contributed by atoms with Crippen molar-refractivity contribution < 1.29 is 4.79 Å². The molecule has 0 fully saturated rings. The van der Waals surface area contributed by atoms with Gasteiger partial charge in [-0.2, -0.15) is 12.6 Å². The van der Waals surface area contributed by atoms with Gasteiger partial charge in [0.25, 0.3) is 0 Å². The quantitative estimate of drug-likeness (QED) is 0.790. The molecule has 94 valence electrons. The highest BCUT2D eigenvalue weighted by Crippen LogP contribution is 2.26. The summed E-state index contributed by atoms with van der Waals surface area (Å²) < 4.78 is 0. The molecule has 1 aromatic rings. The molecule has 1 N–H and O–H groups in total. The van der Waals surface area contributed by atoms with Gasteiger partial charge in [0.1, 0.15) is 0 Å². The number of carbonyl (C=O) groups is 1. The predicted octanol–water partition coefficient (Wildman–Crippen LogP) is 3.55. The molecular weight excluding hydrogens is 230 g/mol. The Hall–Kier alpha value is -0.960. The fraction of sp³-hybridized carbons (Fsp3) is 0.500. The summed E-state index contributed by atoms with van der Waals surface area (Å²) in [6, 6.07) is 6.19. The van der Waals surface area contributed by atoms with Crippen LogP contribution < -0.4 is 5.32 Å². The number of rotatable bonds is 3. The van der Waals surface area contributed by atoms with Gasteiger partial charge in [-0.25, -0.2) is 0 Å². The Labute approximate surface area is 109 Å². The molecule has 2 nitrogen and oxygen atoms in total. The van der Waals surface area contributed by atoms with Crippen LogP contribution in [0.3, 0.4) is 0 Å². The first-order valence-corrected chi connectivity index (χ1v) is 6.49. The van der Waals surface area contributed by atoms with Crippen molar-refractivity contribution in [1.82, 2.24) is 0 Å². The number of anilines is 1.